The lowest BCUT2D eigenvalue weighted by Gasteiger charge is -2.20. The van der Waals surface area contributed by atoms with Crippen LogP contribution in [0.5, 0.6) is 11.5 Å². The van der Waals surface area contributed by atoms with Crippen LogP contribution >= 0.6 is 0 Å². The van der Waals surface area contributed by atoms with Crippen molar-refractivity contribution >= 4 is 0 Å². The molecule has 1 aromatic rings. The van der Waals surface area contributed by atoms with Crippen LogP contribution in [0.1, 0.15) is 18.5 Å². The van der Waals surface area contributed by atoms with E-state index in [0.29, 0.717) is 17.1 Å². The molecule has 0 spiro atoms. The summed E-state index contributed by atoms with van der Waals surface area (Å²) in [6.07, 6.45) is -0.657. The monoisotopic (exact) mass is 211 g/mol. The number of methoxy groups -OCH3 is 2. The number of ether oxygens (including phenoxy) is 2. The van der Waals surface area contributed by atoms with E-state index in [2.05, 4.69) is 0 Å². The van der Waals surface area contributed by atoms with Crippen molar-refractivity contribution in [1.29, 1.82) is 0 Å². The first-order valence-corrected chi connectivity index (χ1v) is 4.76. The minimum absolute atomic E-state index is 0.518. The second kappa shape index (κ2) is 5.00. The fourth-order valence-corrected chi connectivity index (χ4v) is 1.45. The van der Waals surface area contributed by atoms with E-state index in [1.54, 1.807) is 33.3 Å². The quantitative estimate of drug-likeness (QED) is 0.782. The largest absolute Gasteiger partial charge is 0.496 e. The number of rotatable bonds is 4. The number of aliphatic hydroxyl groups is 1. The van der Waals surface area contributed by atoms with Crippen molar-refractivity contribution in [3.05, 3.63) is 23.8 Å². The molecule has 0 radical (unpaired) electrons. The van der Waals surface area contributed by atoms with Gasteiger partial charge in [0.05, 0.1) is 31.9 Å². The van der Waals surface area contributed by atoms with Crippen LogP contribution in [0.4, 0.5) is 0 Å². The summed E-state index contributed by atoms with van der Waals surface area (Å²) >= 11 is 0. The average molecular weight is 211 g/mol. The van der Waals surface area contributed by atoms with Gasteiger partial charge in [-0.25, -0.2) is 0 Å². The van der Waals surface area contributed by atoms with Crippen molar-refractivity contribution in [2.45, 2.75) is 19.1 Å². The lowest BCUT2D eigenvalue weighted by Crippen LogP contribution is -2.24. The Morgan fingerprint density at radius 1 is 1.20 bits per heavy atom. The van der Waals surface area contributed by atoms with E-state index in [0.717, 1.165) is 0 Å². The van der Waals surface area contributed by atoms with Gasteiger partial charge >= 0.3 is 0 Å². The van der Waals surface area contributed by atoms with E-state index in [4.69, 9.17) is 15.2 Å². The molecular formula is C11H17NO3. The van der Waals surface area contributed by atoms with E-state index in [1.165, 1.54) is 0 Å². The summed E-state index contributed by atoms with van der Waals surface area (Å²) in [5, 5.41) is 9.48. The minimum Gasteiger partial charge on any atom is -0.496 e. The molecule has 4 nitrogen and oxygen atoms in total. The zero-order valence-electron chi connectivity index (χ0n) is 9.23. The summed E-state index contributed by atoms with van der Waals surface area (Å²) in [4.78, 5) is 0. The van der Waals surface area contributed by atoms with Gasteiger partial charge in [0.15, 0.2) is 0 Å². The molecule has 1 aromatic carbocycles. The molecule has 0 heterocycles. The van der Waals surface area contributed by atoms with Crippen LogP contribution in [0.15, 0.2) is 18.2 Å². The Morgan fingerprint density at radius 2 is 1.67 bits per heavy atom. The molecule has 0 saturated carbocycles. The maximum Gasteiger partial charge on any atom is 0.127 e. The van der Waals surface area contributed by atoms with Gasteiger partial charge in [-0.2, -0.15) is 0 Å². The fourth-order valence-electron chi connectivity index (χ4n) is 1.45. The molecule has 4 heteroatoms. The van der Waals surface area contributed by atoms with Crippen molar-refractivity contribution in [2.24, 2.45) is 5.73 Å². The molecule has 84 valence electrons. The van der Waals surface area contributed by atoms with Gasteiger partial charge in [-0.05, 0) is 19.1 Å². The molecule has 0 fully saturated rings. The van der Waals surface area contributed by atoms with Crippen molar-refractivity contribution < 1.29 is 14.6 Å². The normalized spacial score (nSPS) is 14.5. The van der Waals surface area contributed by atoms with Gasteiger partial charge in [0.1, 0.15) is 11.5 Å². The number of aliphatic hydroxyl groups excluding tert-OH is 1. The second-order valence-electron chi connectivity index (χ2n) is 3.34. The van der Waals surface area contributed by atoms with Crippen LogP contribution in [0.2, 0.25) is 0 Å². The molecule has 1 rings (SSSR count). The topological polar surface area (TPSA) is 64.7 Å². The Morgan fingerprint density at radius 3 is 2.00 bits per heavy atom. The highest BCUT2D eigenvalue weighted by atomic mass is 16.5. The van der Waals surface area contributed by atoms with E-state index in [1.807, 2.05) is 6.07 Å². The zero-order chi connectivity index (χ0) is 11.4. The molecular weight excluding hydrogens is 194 g/mol. The Kier molecular flexibility index (Phi) is 3.94. The SMILES string of the molecule is COc1cccc(OC)c1[C@@H](N)[C@H](C)O. The van der Waals surface area contributed by atoms with Gasteiger partial charge in [0, 0.05) is 0 Å². The number of benzene rings is 1. The van der Waals surface area contributed by atoms with Crippen LogP contribution in [-0.4, -0.2) is 25.4 Å². The predicted octanol–water partition coefficient (Wildman–Crippen LogP) is 1.08. The summed E-state index contributed by atoms with van der Waals surface area (Å²) in [5.74, 6) is 1.26. The summed E-state index contributed by atoms with van der Waals surface area (Å²) in [5.41, 5.74) is 6.57. The maximum atomic E-state index is 9.48. The second-order valence-corrected chi connectivity index (χ2v) is 3.34. The number of hydrogen-bond donors (Lipinski definition) is 2. The Labute approximate surface area is 89.6 Å². The van der Waals surface area contributed by atoms with Crippen LogP contribution in [0, 0.1) is 0 Å². The molecule has 0 aromatic heterocycles. The van der Waals surface area contributed by atoms with Crippen molar-refractivity contribution in [2.75, 3.05) is 14.2 Å². The third kappa shape index (κ3) is 2.40. The van der Waals surface area contributed by atoms with Crippen molar-refractivity contribution in [3.63, 3.8) is 0 Å². The first-order chi connectivity index (χ1) is 7.11. The molecule has 0 aliphatic rings. The smallest absolute Gasteiger partial charge is 0.127 e. The van der Waals surface area contributed by atoms with Gasteiger partial charge in [-0.15, -0.1) is 0 Å². The van der Waals surface area contributed by atoms with E-state index in [9.17, 15) is 5.11 Å². The number of hydrogen-bond acceptors (Lipinski definition) is 4. The molecule has 0 unspecified atom stereocenters. The van der Waals surface area contributed by atoms with Crippen LogP contribution in [0.25, 0.3) is 0 Å². The predicted molar refractivity (Wildman–Crippen MR) is 58.2 cm³/mol. The Balaban J connectivity index is 3.21. The fraction of sp³-hybridized carbons (Fsp3) is 0.455. The molecule has 0 aliphatic heterocycles. The highest BCUT2D eigenvalue weighted by Gasteiger charge is 2.20. The lowest BCUT2D eigenvalue weighted by atomic mass is 10.0. The van der Waals surface area contributed by atoms with E-state index in [-0.39, 0.29) is 0 Å². The van der Waals surface area contributed by atoms with E-state index < -0.39 is 12.1 Å². The molecule has 0 saturated heterocycles. The highest BCUT2D eigenvalue weighted by Crippen LogP contribution is 2.34. The average Bonchev–Trinajstić information content (AvgIpc) is 2.26. The van der Waals surface area contributed by atoms with Gasteiger partial charge < -0.3 is 20.3 Å². The van der Waals surface area contributed by atoms with Crippen LogP contribution in [0.3, 0.4) is 0 Å². The molecule has 15 heavy (non-hydrogen) atoms. The maximum absolute atomic E-state index is 9.48. The van der Waals surface area contributed by atoms with Gasteiger partial charge in [-0.1, -0.05) is 6.07 Å². The summed E-state index contributed by atoms with van der Waals surface area (Å²) in [6.45, 7) is 1.64. The minimum atomic E-state index is -0.657. The van der Waals surface area contributed by atoms with Gasteiger partial charge in [0.25, 0.3) is 0 Å². The van der Waals surface area contributed by atoms with E-state index >= 15 is 0 Å². The first-order valence-electron chi connectivity index (χ1n) is 4.76. The summed E-state index contributed by atoms with van der Waals surface area (Å²) in [7, 11) is 3.13. The van der Waals surface area contributed by atoms with Gasteiger partial charge in [-0.3, -0.25) is 0 Å². The van der Waals surface area contributed by atoms with Crippen molar-refractivity contribution in [3.8, 4) is 11.5 Å². The lowest BCUT2D eigenvalue weighted by molar-refractivity contribution is 0.161. The molecule has 2 atom stereocenters. The standard InChI is InChI=1S/C11H17NO3/c1-7(13)11(12)10-8(14-2)5-4-6-9(10)15-3/h4-7,11,13H,12H2,1-3H3/t7-,11-/m0/s1. The van der Waals surface area contributed by atoms with Crippen molar-refractivity contribution in [1.82, 2.24) is 0 Å². The Hall–Kier alpha value is -1.26. The molecule has 3 N–H and O–H groups in total. The molecule has 0 aliphatic carbocycles. The van der Waals surface area contributed by atoms with Gasteiger partial charge in [0.2, 0.25) is 0 Å². The van der Waals surface area contributed by atoms with Crippen LogP contribution in [-0.2, 0) is 0 Å². The summed E-state index contributed by atoms with van der Waals surface area (Å²) in [6, 6.07) is 4.88. The highest BCUT2D eigenvalue weighted by molar-refractivity contribution is 5.47. The Bertz CT molecular complexity index is 303. The number of nitrogens with two attached hydrogens (primary N) is 1. The van der Waals surface area contributed by atoms with Crippen LogP contribution < -0.4 is 15.2 Å². The summed E-state index contributed by atoms with van der Waals surface area (Å²) < 4.78 is 10.4. The first kappa shape index (κ1) is 11.8. The molecule has 0 amide bonds. The third-order valence-electron chi connectivity index (χ3n) is 2.32. The molecule has 0 bridgehead atoms. The zero-order valence-corrected chi connectivity index (χ0v) is 9.23. The third-order valence-corrected chi connectivity index (χ3v) is 2.32.